The number of hydrogen-bond donors (Lipinski definition) is 1. The van der Waals surface area contributed by atoms with E-state index < -0.39 is 0 Å². The molecule has 1 aromatic carbocycles. The Hall–Kier alpha value is -0.710. The fourth-order valence-electron chi connectivity index (χ4n) is 4.57. The highest BCUT2D eigenvalue weighted by Crippen LogP contribution is 2.34. The summed E-state index contributed by atoms with van der Waals surface area (Å²) < 4.78 is 5.60. The Balaban J connectivity index is 0.00000256. The van der Waals surface area contributed by atoms with Gasteiger partial charge in [-0.3, -0.25) is 9.89 Å². The van der Waals surface area contributed by atoms with Crippen LogP contribution in [-0.2, 0) is 4.74 Å². The summed E-state index contributed by atoms with van der Waals surface area (Å²) in [4.78, 5) is 12.7. The molecule has 3 aliphatic rings. The van der Waals surface area contributed by atoms with Gasteiger partial charge in [-0.25, -0.2) is 0 Å². The van der Waals surface area contributed by atoms with E-state index in [1.165, 1.54) is 23.6 Å². The molecule has 6 nitrogen and oxygen atoms in total. The van der Waals surface area contributed by atoms with Crippen LogP contribution in [0.15, 0.2) is 35.3 Å². The van der Waals surface area contributed by atoms with Crippen molar-refractivity contribution < 1.29 is 4.74 Å². The summed E-state index contributed by atoms with van der Waals surface area (Å²) >= 11 is 2.08. The Kier molecular flexibility index (Phi) is 9.40. The molecular formula is C22H36IN5OS. The van der Waals surface area contributed by atoms with Crippen molar-refractivity contribution in [1.29, 1.82) is 0 Å². The minimum Gasteiger partial charge on any atom is -0.379 e. The number of para-hydroxylation sites is 1. The van der Waals surface area contributed by atoms with E-state index in [9.17, 15) is 0 Å². The Morgan fingerprint density at radius 3 is 2.47 bits per heavy atom. The van der Waals surface area contributed by atoms with E-state index >= 15 is 0 Å². The largest absolute Gasteiger partial charge is 0.379 e. The first-order chi connectivity index (χ1) is 14.3. The fraction of sp³-hybridized carbons (Fsp3) is 0.682. The number of piperazine rings is 1. The normalized spacial score (nSPS) is 25.8. The molecule has 8 heteroatoms. The van der Waals surface area contributed by atoms with Crippen LogP contribution in [0.2, 0.25) is 0 Å². The maximum absolute atomic E-state index is 5.60. The van der Waals surface area contributed by atoms with Crippen molar-refractivity contribution in [1.82, 2.24) is 15.1 Å². The van der Waals surface area contributed by atoms with Crippen molar-refractivity contribution in [3.8, 4) is 0 Å². The highest BCUT2D eigenvalue weighted by Gasteiger charge is 2.40. The molecule has 0 aromatic heterocycles. The molecule has 1 aromatic rings. The minimum absolute atomic E-state index is 0. The van der Waals surface area contributed by atoms with Crippen LogP contribution in [0.4, 0.5) is 5.69 Å². The summed E-state index contributed by atoms with van der Waals surface area (Å²) in [6.07, 6.45) is 1.24. The van der Waals surface area contributed by atoms with Gasteiger partial charge in [0.2, 0.25) is 0 Å². The van der Waals surface area contributed by atoms with E-state index in [-0.39, 0.29) is 29.5 Å². The number of ether oxygens (including phenoxy) is 1. The van der Waals surface area contributed by atoms with E-state index in [0.717, 1.165) is 71.5 Å². The van der Waals surface area contributed by atoms with Crippen molar-refractivity contribution in [2.24, 2.45) is 4.99 Å². The van der Waals surface area contributed by atoms with E-state index in [1.54, 1.807) is 0 Å². The summed E-state index contributed by atoms with van der Waals surface area (Å²) in [5.41, 5.74) is 1.53. The lowest BCUT2D eigenvalue weighted by atomic mass is 9.96. The van der Waals surface area contributed by atoms with Crippen LogP contribution in [0.1, 0.15) is 13.3 Å². The van der Waals surface area contributed by atoms with Crippen LogP contribution in [0.3, 0.4) is 0 Å². The van der Waals surface area contributed by atoms with Gasteiger partial charge in [0.1, 0.15) is 0 Å². The molecule has 0 radical (unpaired) electrons. The standard InChI is InChI=1S/C22H35N5OS.HI/c1-2-23-21(26-11-9-25(10-12-26)20-6-4-3-5-7-20)24-18-22(8-17-29-19-22)27-13-15-28-16-14-27;/h3-7H,2,8-19H2,1H3,(H,23,24);1H. The second kappa shape index (κ2) is 11.8. The van der Waals surface area contributed by atoms with Crippen LogP contribution >= 0.6 is 35.7 Å². The summed E-state index contributed by atoms with van der Waals surface area (Å²) in [5.74, 6) is 3.53. The minimum atomic E-state index is 0. The monoisotopic (exact) mass is 545 g/mol. The van der Waals surface area contributed by atoms with Crippen molar-refractivity contribution in [3.05, 3.63) is 30.3 Å². The molecule has 3 fully saturated rings. The lowest BCUT2D eigenvalue weighted by molar-refractivity contribution is -0.0105. The Morgan fingerprint density at radius 1 is 1.10 bits per heavy atom. The highest BCUT2D eigenvalue weighted by atomic mass is 127. The second-order valence-corrected chi connectivity index (χ2v) is 9.21. The lowest BCUT2D eigenvalue weighted by Gasteiger charge is -2.42. The van der Waals surface area contributed by atoms with Crippen LogP contribution in [0.25, 0.3) is 0 Å². The Labute approximate surface area is 202 Å². The van der Waals surface area contributed by atoms with E-state index in [1.807, 2.05) is 0 Å². The molecule has 168 valence electrons. The molecule has 3 saturated heterocycles. The molecule has 0 spiro atoms. The van der Waals surface area contributed by atoms with Crippen molar-refractivity contribution in [3.63, 3.8) is 0 Å². The number of thioether (sulfide) groups is 1. The topological polar surface area (TPSA) is 43.3 Å². The molecule has 4 rings (SSSR count). The van der Waals surface area contributed by atoms with Gasteiger partial charge < -0.3 is 19.9 Å². The molecule has 0 bridgehead atoms. The molecule has 3 aliphatic heterocycles. The smallest absolute Gasteiger partial charge is 0.194 e. The number of nitrogens with one attached hydrogen (secondary N) is 1. The van der Waals surface area contributed by atoms with Gasteiger partial charge in [0.15, 0.2) is 5.96 Å². The second-order valence-electron chi connectivity index (χ2n) is 8.11. The summed E-state index contributed by atoms with van der Waals surface area (Å²) in [6.45, 7) is 11.9. The quantitative estimate of drug-likeness (QED) is 0.349. The van der Waals surface area contributed by atoms with E-state index in [4.69, 9.17) is 9.73 Å². The number of rotatable bonds is 5. The average molecular weight is 546 g/mol. The zero-order valence-corrected chi connectivity index (χ0v) is 21.2. The van der Waals surface area contributed by atoms with Crippen LogP contribution in [0, 0.1) is 0 Å². The fourth-order valence-corrected chi connectivity index (χ4v) is 6.04. The van der Waals surface area contributed by atoms with Gasteiger partial charge in [-0.2, -0.15) is 11.8 Å². The van der Waals surface area contributed by atoms with Gasteiger partial charge in [0.25, 0.3) is 0 Å². The first-order valence-electron chi connectivity index (χ1n) is 11.0. The first-order valence-corrected chi connectivity index (χ1v) is 12.2. The third kappa shape index (κ3) is 5.75. The molecule has 0 aliphatic carbocycles. The van der Waals surface area contributed by atoms with Gasteiger partial charge in [-0.05, 0) is 31.2 Å². The van der Waals surface area contributed by atoms with Crippen molar-refractivity contribution in [2.75, 3.05) is 82.0 Å². The number of hydrogen-bond acceptors (Lipinski definition) is 5. The Morgan fingerprint density at radius 2 is 1.83 bits per heavy atom. The molecule has 30 heavy (non-hydrogen) atoms. The molecule has 3 heterocycles. The number of benzene rings is 1. The maximum Gasteiger partial charge on any atom is 0.194 e. The number of halogens is 1. The van der Waals surface area contributed by atoms with Gasteiger partial charge >= 0.3 is 0 Å². The predicted octanol–water partition coefficient (Wildman–Crippen LogP) is 2.60. The van der Waals surface area contributed by atoms with Gasteiger partial charge in [0, 0.05) is 57.3 Å². The number of aliphatic imine (C=N–C) groups is 1. The summed E-state index contributed by atoms with van der Waals surface area (Å²) in [5, 5.41) is 3.56. The van der Waals surface area contributed by atoms with Crippen LogP contribution < -0.4 is 10.2 Å². The molecular weight excluding hydrogens is 509 g/mol. The zero-order valence-electron chi connectivity index (χ0n) is 18.1. The van der Waals surface area contributed by atoms with E-state index in [0.29, 0.717) is 0 Å². The number of nitrogens with zero attached hydrogens (tertiary/aromatic N) is 4. The van der Waals surface area contributed by atoms with Crippen LogP contribution in [0.5, 0.6) is 0 Å². The molecule has 1 unspecified atom stereocenters. The zero-order chi connectivity index (χ0) is 19.9. The summed E-state index contributed by atoms with van der Waals surface area (Å²) in [7, 11) is 0. The number of morpholine rings is 1. The van der Waals surface area contributed by atoms with Crippen molar-refractivity contribution >= 4 is 47.4 Å². The highest BCUT2D eigenvalue weighted by molar-refractivity contribution is 14.0. The van der Waals surface area contributed by atoms with Gasteiger partial charge in [-0.1, -0.05) is 18.2 Å². The van der Waals surface area contributed by atoms with E-state index in [2.05, 4.69) is 69.0 Å². The SMILES string of the molecule is CCNC(=NCC1(N2CCOCC2)CCSC1)N1CCN(c2ccccc2)CC1.I. The van der Waals surface area contributed by atoms with Gasteiger partial charge in [-0.15, -0.1) is 24.0 Å². The predicted molar refractivity (Wildman–Crippen MR) is 139 cm³/mol. The molecule has 1 atom stereocenters. The maximum atomic E-state index is 5.60. The third-order valence-electron chi connectivity index (χ3n) is 6.32. The Bertz CT molecular complexity index is 657. The average Bonchev–Trinajstić information content (AvgIpc) is 3.28. The van der Waals surface area contributed by atoms with Crippen molar-refractivity contribution in [2.45, 2.75) is 18.9 Å². The molecule has 0 saturated carbocycles. The van der Waals surface area contributed by atoms with Crippen LogP contribution in [-0.4, -0.2) is 98.4 Å². The first kappa shape index (κ1) is 23.9. The summed E-state index contributed by atoms with van der Waals surface area (Å²) in [6, 6.07) is 10.7. The molecule has 1 N–H and O–H groups in total. The number of guanidine groups is 1. The van der Waals surface area contributed by atoms with Gasteiger partial charge in [0.05, 0.1) is 25.3 Å². The number of anilines is 1. The third-order valence-corrected chi connectivity index (χ3v) is 7.56. The molecule has 0 amide bonds. The lowest BCUT2D eigenvalue weighted by Crippen LogP contribution is -2.57.